The maximum absolute atomic E-state index is 12.8. The fourth-order valence-electron chi connectivity index (χ4n) is 3.91. The van der Waals surface area contributed by atoms with Gasteiger partial charge in [-0.1, -0.05) is 11.3 Å². The number of rotatable bonds is 2. The molecule has 0 aromatic carbocycles. The number of amides is 1. The lowest BCUT2D eigenvalue weighted by Crippen LogP contribution is -2.50. The van der Waals surface area contributed by atoms with Gasteiger partial charge in [-0.25, -0.2) is 0 Å². The van der Waals surface area contributed by atoms with Crippen LogP contribution in [0.15, 0.2) is 0 Å². The van der Waals surface area contributed by atoms with Crippen LogP contribution in [0, 0.1) is 12.8 Å². The van der Waals surface area contributed by atoms with Gasteiger partial charge in [-0.2, -0.15) is 0 Å². The van der Waals surface area contributed by atoms with Gasteiger partial charge in [0.25, 0.3) is 5.91 Å². The van der Waals surface area contributed by atoms with Gasteiger partial charge < -0.3 is 19.4 Å². The van der Waals surface area contributed by atoms with Crippen LogP contribution in [-0.4, -0.2) is 84.4 Å². The Morgan fingerprint density at radius 2 is 2.00 bits per heavy atom. The summed E-state index contributed by atoms with van der Waals surface area (Å²) in [6.07, 6.45) is 1.83. The Labute approximate surface area is 146 Å². The molecule has 0 aliphatic carbocycles. The van der Waals surface area contributed by atoms with E-state index in [-0.39, 0.29) is 18.1 Å². The summed E-state index contributed by atoms with van der Waals surface area (Å²) in [6.45, 7) is 7.33. The van der Waals surface area contributed by atoms with Crippen molar-refractivity contribution in [2.24, 2.45) is 5.92 Å². The predicted octanol–water partition coefficient (Wildman–Crippen LogP) is 0.604. The number of hydrogen-bond acceptors (Lipinski definition) is 7. The first-order valence-corrected chi connectivity index (χ1v) is 9.59. The molecule has 0 bridgehead atoms. The summed E-state index contributed by atoms with van der Waals surface area (Å²) in [5.74, 6) is 0.687. The summed E-state index contributed by atoms with van der Waals surface area (Å²) >= 11 is 1.63. The summed E-state index contributed by atoms with van der Waals surface area (Å²) in [5.41, 5.74) is 0. The second kappa shape index (κ2) is 6.57. The third-order valence-electron chi connectivity index (χ3n) is 5.43. The minimum absolute atomic E-state index is 0.143. The lowest BCUT2D eigenvalue weighted by Gasteiger charge is -2.34. The molecule has 3 atom stereocenters. The molecule has 7 nitrogen and oxygen atoms in total. The van der Waals surface area contributed by atoms with E-state index in [0.717, 1.165) is 62.2 Å². The van der Waals surface area contributed by atoms with Crippen LogP contribution >= 0.6 is 11.3 Å². The van der Waals surface area contributed by atoms with Crippen LogP contribution in [0.4, 0.5) is 5.13 Å². The maximum atomic E-state index is 12.8. The molecule has 1 aromatic rings. The van der Waals surface area contributed by atoms with Crippen molar-refractivity contribution in [1.82, 2.24) is 20.0 Å². The first kappa shape index (κ1) is 16.2. The molecule has 3 saturated heterocycles. The highest BCUT2D eigenvalue weighted by molar-refractivity contribution is 7.15. The van der Waals surface area contributed by atoms with E-state index in [0.29, 0.717) is 5.92 Å². The minimum Gasteiger partial charge on any atom is -0.363 e. The minimum atomic E-state index is -0.250. The van der Waals surface area contributed by atoms with Crippen molar-refractivity contribution >= 4 is 22.4 Å². The monoisotopic (exact) mass is 351 g/mol. The number of likely N-dealkylation sites (N-methyl/N-ethyl adjacent to an activating group) is 1. The number of fused-ring (bicyclic) bond motifs is 1. The number of anilines is 1. The van der Waals surface area contributed by atoms with E-state index in [9.17, 15) is 4.79 Å². The van der Waals surface area contributed by atoms with E-state index in [1.807, 2.05) is 11.8 Å². The van der Waals surface area contributed by atoms with Crippen molar-refractivity contribution in [2.75, 3.05) is 51.2 Å². The van der Waals surface area contributed by atoms with Crippen LogP contribution in [0.2, 0.25) is 0 Å². The number of ether oxygens (including phenoxy) is 1. The topological polar surface area (TPSA) is 61.8 Å². The lowest BCUT2D eigenvalue weighted by molar-refractivity contribution is -0.144. The van der Waals surface area contributed by atoms with Gasteiger partial charge in [0.05, 0.1) is 6.10 Å². The Bertz CT molecular complexity index is 601. The molecule has 3 aliphatic rings. The molecule has 8 heteroatoms. The SMILES string of the molecule is Cc1nnc(N2CC[C@@H]3C[C@@H](C(=O)N4CCN(C)CC4)O[C@H]3C2)s1. The number of carbonyl (C=O) groups is 1. The Morgan fingerprint density at radius 1 is 1.21 bits per heavy atom. The summed E-state index contributed by atoms with van der Waals surface area (Å²) in [5, 5.41) is 10.3. The van der Waals surface area contributed by atoms with Crippen LogP contribution in [0.1, 0.15) is 17.8 Å². The molecule has 1 aromatic heterocycles. The van der Waals surface area contributed by atoms with Gasteiger partial charge in [0.2, 0.25) is 5.13 Å². The number of hydrogen-bond donors (Lipinski definition) is 0. The predicted molar refractivity (Wildman–Crippen MR) is 92.3 cm³/mol. The van der Waals surface area contributed by atoms with Crippen LogP contribution in [-0.2, 0) is 9.53 Å². The largest absolute Gasteiger partial charge is 0.363 e. The molecule has 0 saturated carbocycles. The average Bonchev–Trinajstić information content (AvgIpc) is 3.20. The van der Waals surface area contributed by atoms with E-state index < -0.39 is 0 Å². The third-order valence-corrected chi connectivity index (χ3v) is 6.33. The molecule has 0 spiro atoms. The highest BCUT2D eigenvalue weighted by Gasteiger charge is 2.43. The fourth-order valence-corrected chi connectivity index (χ4v) is 4.63. The summed E-state index contributed by atoms with van der Waals surface area (Å²) in [7, 11) is 2.10. The van der Waals surface area contributed by atoms with Crippen LogP contribution in [0.3, 0.4) is 0 Å². The smallest absolute Gasteiger partial charge is 0.251 e. The van der Waals surface area contributed by atoms with Gasteiger partial charge in [-0.3, -0.25) is 4.79 Å². The number of aromatic nitrogens is 2. The Hall–Kier alpha value is -1.25. The second-order valence-corrected chi connectivity index (χ2v) is 8.29. The highest BCUT2D eigenvalue weighted by atomic mass is 32.1. The molecular weight excluding hydrogens is 326 g/mol. The molecule has 24 heavy (non-hydrogen) atoms. The van der Waals surface area contributed by atoms with E-state index in [1.54, 1.807) is 11.3 Å². The zero-order valence-corrected chi connectivity index (χ0v) is 15.2. The Morgan fingerprint density at radius 3 is 2.71 bits per heavy atom. The standard InChI is InChI=1S/C16H25N5O2S/c1-11-17-18-16(24-11)21-4-3-12-9-13(23-14(12)10-21)15(22)20-7-5-19(2)6-8-20/h12-14H,3-10H2,1-2H3/t12-,13+,14+/m1/s1. The van der Waals surface area contributed by atoms with Crippen LogP contribution in [0.25, 0.3) is 0 Å². The molecule has 1 amide bonds. The zero-order chi connectivity index (χ0) is 16.7. The normalized spacial score (nSPS) is 31.3. The van der Waals surface area contributed by atoms with E-state index in [1.165, 1.54) is 0 Å². The highest BCUT2D eigenvalue weighted by Crippen LogP contribution is 2.36. The van der Waals surface area contributed by atoms with Crippen molar-refractivity contribution in [3.8, 4) is 0 Å². The van der Waals surface area contributed by atoms with Gasteiger partial charge >= 0.3 is 0 Å². The zero-order valence-electron chi connectivity index (χ0n) is 14.3. The van der Waals surface area contributed by atoms with Gasteiger partial charge in [0, 0.05) is 39.3 Å². The number of nitrogens with zero attached hydrogens (tertiary/aromatic N) is 5. The molecule has 0 unspecified atom stereocenters. The quantitative estimate of drug-likeness (QED) is 0.778. The molecule has 0 N–H and O–H groups in total. The van der Waals surface area contributed by atoms with Gasteiger partial charge in [-0.05, 0) is 32.7 Å². The van der Waals surface area contributed by atoms with Crippen LogP contribution < -0.4 is 4.90 Å². The second-order valence-electron chi connectivity index (χ2n) is 7.13. The third kappa shape index (κ3) is 3.14. The molecular formula is C16H25N5O2S. The lowest BCUT2D eigenvalue weighted by atomic mass is 9.92. The summed E-state index contributed by atoms with van der Waals surface area (Å²) in [6, 6.07) is 0. The number of carbonyl (C=O) groups excluding carboxylic acids is 1. The maximum Gasteiger partial charge on any atom is 0.251 e. The molecule has 4 rings (SSSR count). The average molecular weight is 351 g/mol. The summed E-state index contributed by atoms with van der Waals surface area (Å²) in [4.78, 5) is 19.3. The van der Waals surface area contributed by atoms with Gasteiger partial charge in [-0.15, -0.1) is 10.2 Å². The summed E-state index contributed by atoms with van der Waals surface area (Å²) < 4.78 is 6.18. The van der Waals surface area contributed by atoms with E-state index in [2.05, 4.69) is 27.0 Å². The Balaban J connectivity index is 1.36. The van der Waals surface area contributed by atoms with Gasteiger partial charge in [0.1, 0.15) is 11.1 Å². The molecule has 132 valence electrons. The number of piperazine rings is 1. The van der Waals surface area contributed by atoms with Crippen molar-refractivity contribution in [3.63, 3.8) is 0 Å². The van der Waals surface area contributed by atoms with Crippen LogP contribution in [0.5, 0.6) is 0 Å². The van der Waals surface area contributed by atoms with Gasteiger partial charge in [0.15, 0.2) is 0 Å². The molecule has 0 radical (unpaired) electrons. The van der Waals surface area contributed by atoms with E-state index >= 15 is 0 Å². The molecule has 4 heterocycles. The Kier molecular flexibility index (Phi) is 4.44. The first-order valence-electron chi connectivity index (χ1n) is 8.78. The van der Waals surface area contributed by atoms with Crippen molar-refractivity contribution in [3.05, 3.63) is 5.01 Å². The van der Waals surface area contributed by atoms with Crippen molar-refractivity contribution in [2.45, 2.75) is 32.0 Å². The number of aryl methyl sites for hydroxylation is 1. The van der Waals surface area contributed by atoms with Crippen molar-refractivity contribution in [1.29, 1.82) is 0 Å². The number of piperidine rings is 1. The first-order chi connectivity index (χ1) is 11.6. The van der Waals surface area contributed by atoms with Crippen molar-refractivity contribution < 1.29 is 9.53 Å². The fraction of sp³-hybridized carbons (Fsp3) is 0.812. The molecule has 3 aliphatic heterocycles. The van der Waals surface area contributed by atoms with E-state index in [4.69, 9.17) is 4.74 Å². The molecule has 3 fully saturated rings.